The predicted molar refractivity (Wildman–Crippen MR) is 102 cm³/mol. The minimum Gasteiger partial charge on any atom is -0.490 e. The Morgan fingerprint density at radius 2 is 1.92 bits per heavy atom. The second kappa shape index (κ2) is 6.47. The highest BCUT2D eigenvalue weighted by Gasteiger charge is 2.27. The quantitative estimate of drug-likeness (QED) is 0.703. The third kappa shape index (κ3) is 3.01. The minimum absolute atomic E-state index is 0.306. The minimum atomic E-state index is 0.306. The average molecular weight is 350 g/mol. The van der Waals surface area contributed by atoms with Crippen LogP contribution < -0.4 is 4.74 Å². The Bertz CT molecular complexity index is 900. The number of likely N-dealkylation sites (tertiary alicyclic amines) is 1. The summed E-state index contributed by atoms with van der Waals surface area (Å²) >= 11 is 0. The Labute approximate surface area is 154 Å². The maximum Gasteiger partial charge on any atom is 0.129 e. The summed E-state index contributed by atoms with van der Waals surface area (Å²) in [4.78, 5) is 7.10. The van der Waals surface area contributed by atoms with Crippen molar-refractivity contribution < 1.29 is 4.74 Å². The molecule has 0 atom stereocenters. The molecule has 2 aliphatic rings. The fourth-order valence-electron chi connectivity index (χ4n) is 4.09. The van der Waals surface area contributed by atoms with Crippen molar-refractivity contribution in [2.75, 3.05) is 13.1 Å². The predicted octanol–water partition coefficient (Wildman–Crippen LogP) is 3.75. The van der Waals surface area contributed by atoms with Gasteiger partial charge in [0.1, 0.15) is 17.7 Å². The highest BCUT2D eigenvalue weighted by molar-refractivity contribution is 5.86. The average Bonchev–Trinajstić information content (AvgIpc) is 3.29. The summed E-state index contributed by atoms with van der Waals surface area (Å²) in [5.74, 6) is 2.24. The molecule has 3 aromatic rings. The summed E-state index contributed by atoms with van der Waals surface area (Å²) in [6.07, 6.45) is 11.3. The van der Waals surface area contributed by atoms with Gasteiger partial charge in [-0.25, -0.2) is 4.98 Å². The van der Waals surface area contributed by atoms with Crippen LogP contribution in [0.3, 0.4) is 0 Å². The molecule has 0 amide bonds. The van der Waals surface area contributed by atoms with Crippen molar-refractivity contribution in [3.8, 4) is 5.75 Å². The van der Waals surface area contributed by atoms with E-state index in [-0.39, 0.29) is 0 Å². The second-order valence-corrected chi connectivity index (χ2v) is 7.69. The van der Waals surface area contributed by atoms with Gasteiger partial charge in [0.2, 0.25) is 0 Å². The first-order chi connectivity index (χ1) is 12.8. The van der Waals surface area contributed by atoms with E-state index in [1.807, 2.05) is 6.20 Å². The molecule has 2 fully saturated rings. The van der Waals surface area contributed by atoms with Gasteiger partial charge < -0.3 is 13.9 Å². The number of rotatable bonds is 5. The number of aryl methyl sites for hydroxylation is 1. The number of fused-ring (bicyclic) bond motifs is 1. The monoisotopic (exact) mass is 350 g/mol. The first-order valence-corrected chi connectivity index (χ1v) is 9.73. The maximum atomic E-state index is 6.38. The van der Waals surface area contributed by atoms with Crippen molar-refractivity contribution in [3.05, 3.63) is 48.7 Å². The zero-order chi connectivity index (χ0) is 17.5. The fourth-order valence-corrected chi connectivity index (χ4v) is 4.09. The number of imidazole rings is 1. The van der Waals surface area contributed by atoms with E-state index < -0.39 is 0 Å². The molecular formula is C21H26N4O. The Balaban J connectivity index is 1.21. The summed E-state index contributed by atoms with van der Waals surface area (Å²) in [7, 11) is 2.08. The molecule has 1 saturated carbocycles. The topological polar surface area (TPSA) is 35.2 Å². The van der Waals surface area contributed by atoms with Crippen LogP contribution in [0, 0.1) is 0 Å². The molecule has 0 N–H and O–H groups in total. The fraction of sp³-hybridized carbons (Fsp3) is 0.476. The third-order valence-electron chi connectivity index (χ3n) is 5.77. The molecule has 0 unspecified atom stereocenters. The van der Waals surface area contributed by atoms with Crippen molar-refractivity contribution in [1.29, 1.82) is 0 Å². The smallest absolute Gasteiger partial charge is 0.129 e. The number of hydrogen-bond donors (Lipinski definition) is 0. The van der Waals surface area contributed by atoms with Gasteiger partial charge in [-0.15, -0.1) is 0 Å². The number of hydrogen-bond acceptors (Lipinski definition) is 3. The lowest BCUT2D eigenvalue weighted by atomic mass is 10.1. The van der Waals surface area contributed by atoms with Crippen LogP contribution in [0.4, 0.5) is 0 Å². The van der Waals surface area contributed by atoms with E-state index in [9.17, 15) is 0 Å². The number of benzene rings is 1. The van der Waals surface area contributed by atoms with E-state index in [0.29, 0.717) is 12.1 Å². The molecule has 1 aliphatic carbocycles. The molecule has 5 rings (SSSR count). The molecule has 26 heavy (non-hydrogen) atoms. The molecule has 1 aliphatic heterocycles. The van der Waals surface area contributed by atoms with Gasteiger partial charge in [0.15, 0.2) is 0 Å². The lowest BCUT2D eigenvalue weighted by molar-refractivity contribution is 0.0958. The van der Waals surface area contributed by atoms with Gasteiger partial charge in [-0.2, -0.15) is 0 Å². The molecule has 3 heterocycles. The van der Waals surface area contributed by atoms with Crippen LogP contribution in [0.1, 0.15) is 37.5 Å². The van der Waals surface area contributed by atoms with Gasteiger partial charge >= 0.3 is 0 Å². The number of ether oxygens (including phenoxy) is 1. The van der Waals surface area contributed by atoms with Crippen molar-refractivity contribution in [3.63, 3.8) is 0 Å². The molecule has 1 aromatic carbocycles. The van der Waals surface area contributed by atoms with Crippen molar-refractivity contribution in [2.45, 2.75) is 44.4 Å². The van der Waals surface area contributed by atoms with Crippen LogP contribution in [-0.2, 0) is 13.6 Å². The molecule has 1 saturated heterocycles. The Hall–Kier alpha value is -2.27. The Morgan fingerprint density at radius 1 is 1.08 bits per heavy atom. The van der Waals surface area contributed by atoms with E-state index in [2.05, 4.69) is 62.7 Å². The lowest BCUT2D eigenvalue weighted by Crippen LogP contribution is -2.38. The summed E-state index contributed by atoms with van der Waals surface area (Å²) in [6, 6.07) is 9.19. The molecule has 136 valence electrons. The third-order valence-corrected chi connectivity index (χ3v) is 5.77. The van der Waals surface area contributed by atoms with Crippen LogP contribution in [0.25, 0.3) is 10.9 Å². The standard InChI is InChI=1S/C21H26N4O/c1-23-11-9-18-19(23)3-2-4-20(18)26-17-7-12-24(13-8-17)15-21-22-10-14-25(21)16-5-6-16/h2-4,9-11,14,16-17H,5-8,12-13,15H2,1H3. The van der Waals surface area contributed by atoms with Gasteiger partial charge in [-0.05, 0) is 43.9 Å². The van der Waals surface area contributed by atoms with Gasteiger partial charge in [-0.3, -0.25) is 4.90 Å². The maximum absolute atomic E-state index is 6.38. The molecule has 0 spiro atoms. The molecule has 2 aromatic heterocycles. The molecule has 0 radical (unpaired) electrons. The molecule has 5 nitrogen and oxygen atoms in total. The van der Waals surface area contributed by atoms with Gasteiger partial charge in [0.05, 0.1) is 12.1 Å². The zero-order valence-corrected chi connectivity index (χ0v) is 15.3. The Morgan fingerprint density at radius 3 is 2.73 bits per heavy atom. The number of piperidine rings is 1. The van der Waals surface area contributed by atoms with Gasteiger partial charge in [0, 0.05) is 50.2 Å². The van der Waals surface area contributed by atoms with Crippen LogP contribution in [-0.4, -0.2) is 38.2 Å². The van der Waals surface area contributed by atoms with E-state index in [0.717, 1.165) is 38.2 Å². The molecular weight excluding hydrogens is 324 g/mol. The number of aromatic nitrogens is 3. The van der Waals surface area contributed by atoms with E-state index in [4.69, 9.17) is 4.74 Å². The highest BCUT2D eigenvalue weighted by Crippen LogP contribution is 2.36. The van der Waals surface area contributed by atoms with Crippen LogP contribution >= 0.6 is 0 Å². The summed E-state index contributed by atoms with van der Waals surface area (Å²) < 4.78 is 10.9. The molecule has 5 heteroatoms. The molecule has 0 bridgehead atoms. The van der Waals surface area contributed by atoms with Crippen molar-refractivity contribution in [2.24, 2.45) is 7.05 Å². The van der Waals surface area contributed by atoms with E-state index >= 15 is 0 Å². The Kier molecular flexibility index (Phi) is 3.97. The second-order valence-electron chi connectivity index (χ2n) is 7.69. The van der Waals surface area contributed by atoms with E-state index in [1.165, 1.54) is 29.6 Å². The van der Waals surface area contributed by atoms with Gasteiger partial charge in [-0.1, -0.05) is 6.07 Å². The van der Waals surface area contributed by atoms with Gasteiger partial charge in [0.25, 0.3) is 0 Å². The lowest BCUT2D eigenvalue weighted by Gasteiger charge is -2.32. The first-order valence-electron chi connectivity index (χ1n) is 9.73. The number of nitrogens with zero attached hydrogens (tertiary/aromatic N) is 4. The zero-order valence-electron chi connectivity index (χ0n) is 15.3. The SMILES string of the molecule is Cn1ccc2c(OC3CCN(Cc4nccn4C4CC4)CC3)cccc21. The van der Waals surface area contributed by atoms with Crippen molar-refractivity contribution >= 4 is 10.9 Å². The van der Waals surface area contributed by atoms with Crippen molar-refractivity contribution in [1.82, 2.24) is 19.0 Å². The van der Waals surface area contributed by atoms with Crippen LogP contribution in [0.5, 0.6) is 5.75 Å². The van der Waals surface area contributed by atoms with E-state index in [1.54, 1.807) is 0 Å². The highest BCUT2D eigenvalue weighted by atomic mass is 16.5. The summed E-state index contributed by atoms with van der Waals surface area (Å²) in [5.41, 5.74) is 1.23. The van der Waals surface area contributed by atoms with Crippen LogP contribution in [0.2, 0.25) is 0 Å². The normalized spacial score (nSPS) is 19.3. The van der Waals surface area contributed by atoms with Crippen LogP contribution in [0.15, 0.2) is 42.9 Å². The first kappa shape index (κ1) is 15.9. The summed E-state index contributed by atoms with van der Waals surface area (Å²) in [6.45, 7) is 3.12. The largest absolute Gasteiger partial charge is 0.490 e. The summed E-state index contributed by atoms with van der Waals surface area (Å²) in [5, 5.41) is 1.21.